The van der Waals surface area contributed by atoms with Crippen LogP contribution in [0.2, 0.25) is 0 Å². The van der Waals surface area contributed by atoms with E-state index >= 15 is 0 Å². The molecule has 3 unspecified atom stereocenters. The largest absolute Gasteiger partial charge is 0.395 e. The van der Waals surface area contributed by atoms with Gasteiger partial charge in [0, 0.05) is 31.8 Å². The summed E-state index contributed by atoms with van der Waals surface area (Å²) in [6, 6.07) is 0.256. The molecule has 1 aliphatic carbocycles. The second-order valence-corrected chi connectivity index (χ2v) is 5.19. The topological polar surface area (TPSA) is 58.7 Å². The zero-order valence-corrected chi connectivity index (χ0v) is 10.1. The number of ether oxygens (including phenoxy) is 1. The van der Waals surface area contributed by atoms with Gasteiger partial charge >= 0.3 is 0 Å². The minimum atomic E-state index is 0.122. The van der Waals surface area contributed by atoms with E-state index in [0.717, 1.165) is 26.1 Å². The first-order valence-electron chi connectivity index (χ1n) is 6.44. The molecule has 1 aliphatic heterocycles. The summed E-state index contributed by atoms with van der Waals surface area (Å²) < 4.78 is 5.62. The lowest BCUT2D eigenvalue weighted by Gasteiger charge is -2.34. The molecule has 0 spiro atoms. The second-order valence-electron chi connectivity index (χ2n) is 5.19. The monoisotopic (exact) mass is 228 g/mol. The van der Waals surface area contributed by atoms with Gasteiger partial charge in [0.05, 0.1) is 12.7 Å². The molecule has 0 aromatic carbocycles. The Labute approximate surface area is 97.7 Å². The predicted molar refractivity (Wildman–Crippen MR) is 63.2 cm³/mol. The lowest BCUT2D eigenvalue weighted by molar-refractivity contribution is 0.0452. The van der Waals surface area contributed by atoms with Crippen molar-refractivity contribution in [2.24, 2.45) is 11.7 Å². The Kier molecular flexibility index (Phi) is 4.19. The van der Waals surface area contributed by atoms with Crippen molar-refractivity contribution in [2.45, 2.75) is 44.4 Å². The van der Waals surface area contributed by atoms with Gasteiger partial charge in [-0.25, -0.2) is 0 Å². The summed E-state index contributed by atoms with van der Waals surface area (Å²) >= 11 is 0. The maximum atomic E-state index is 9.54. The number of aliphatic hydroxyl groups is 1. The van der Waals surface area contributed by atoms with Crippen LogP contribution in [0.1, 0.15) is 26.2 Å². The van der Waals surface area contributed by atoms with E-state index in [1.165, 1.54) is 12.8 Å². The van der Waals surface area contributed by atoms with Crippen LogP contribution in [0, 0.1) is 5.92 Å². The third kappa shape index (κ3) is 2.94. The van der Waals surface area contributed by atoms with Crippen molar-refractivity contribution >= 4 is 0 Å². The zero-order valence-electron chi connectivity index (χ0n) is 10.1. The van der Waals surface area contributed by atoms with Gasteiger partial charge in [-0.2, -0.15) is 0 Å². The highest BCUT2D eigenvalue weighted by molar-refractivity contribution is 4.93. The minimum Gasteiger partial charge on any atom is -0.395 e. The number of nitrogens with zero attached hydrogens (tertiary/aromatic N) is 1. The molecule has 16 heavy (non-hydrogen) atoms. The highest BCUT2D eigenvalue weighted by Crippen LogP contribution is 2.34. The van der Waals surface area contributed by atoms with Crippen LogP contribution in [0.25, 0.3) is 0 Å². The summed E-state index contributed by atoms with van der Waals surface area (Å²) in [4.78, 5) is 2.32. The lowest BCUT2D eigenvalue weighted by Crippen LogP contribution is -2.52. The van der Waals surface area contributed by atoms with Gasteiger partial charge in [0.15, 0.2) is 0 Å². The lowest BCUT2D eigenvalue weighted by atomic mass is 10.0. The van der Waals surface area contributed by atoms with Gasteiger partial charge in [0.2, 0.25) is 0 Å². The fourth-order valence-electron chi connectivity index (χ4n) is 2.60. The van der Waals surface area contributed by atoms with Gasteiger partial charge in [0.25, 0.3) is 0 Å². The Morgan fingerprint density at radius 2 is 2.25 bits per heavy atom. The molecule has 0 aromatic heterocycles. The van der Waals surface area contributed by atoms with Crippen LogP contribution < -0.4 is 5.73 Å². The summed E-state index contributed by atoms with van der Waals surface area (Å²) in [6.07, 6.45) is 3.76. The Balaban J connectivity index is 1.95. The van der Waals surface area contributed by atoms with Crippen LogP contribution >= 0.6 is 0 Å². The molecule has 0 radical (unpaired) electrons. The average molecular weight is 228 g/mol. The maximum Gasteiger partial charge on any atom is 0.0674 e. The van der Waals surface area contributed by atoms with Crippen molar-refractivity contribution < 1.29 is 9.84 Å². The number of aliphatic hydroxyl groups excluding tert-OH is 1. The van der Waals surface area contributed by atoms with Gasteiger partial charge in [-0.05, 0) is 32.1 Å². The molecular formula is C12H24N2O2. The number of hydrogen-bond acceptors (Lipinski definition) is 4. The highest BCUT2D eigenvalue weighted by Gasteiger charge is 2.36. The summed E-state index contributed by atoms with van der Waals surface area (Å²) in [6.45, 7) is 4.98. The van der Waals surface area contributed by atoms with Crippen molar-refractivity contribution in [1.29, 1.82) is 0 Å². The van der Waals surface area contributed by atoms with Crippen molar-refractivity contribution in [2.75, 3.05) is 26.3 Å². The van der Waals surface area contributed by atoms with Crippen LogP contribution in [-0.2, 0) is 4.74 Å². The molecular weight excluding hydrogens is 204 g/mol. The molecule has 2 fully saturated rings. The Morgan fingerprint density at radius 1 is 1.50 bits per heavy atom. The normalized spacial score (nSPS) is 32.1. The van der Waals surface area contributed by atoms with Gasteiger partial charge in [-0.1, -0.05) is 0 Å². The van der Waals surface area contributed by atoms with E-state index in [9.17, 15) is 5.11 Å². The third-order valence-electron chi connectivity index (χ3n) is 3.75. The van der Waals surface area contributed by atoms with Crippen LogP contribution in [0.4, 0.5) is 0 Å². The van der Waals surface area contributed by atoms with Gasteiger partial charge in [-0.15, -0.1) is 0 Å². The molecule has 2 rings (SSSR count). The molecule has 4 nitrogen and oxygen atoms in total. The molecule has 3 N–H and O–H groups in total. The van der Waals surface area contributed by atoms with Crippen LogP contribution in [-0.4, -0.2) is 54.5 Å². The van der Waals surface area contributed by atoms with E-state index in [0.29, 0.717) is 5.92 Å². The van der Waals surface area contributed by atoms with Gasteiger partial charge in [-0.3, -0.25) is 4.90 Å². The summed E-state index contributed by atoms with van der Waals surface area (Å²) in [7, 11) is 0. The molecule has 2 aliphatic rings. The van der Waals surface area contributed by atoms with Crippen molar-refractivity contribution in [3.05, 3.63) is 0 Å². The maximum absolute atomic E-state index is 9.54. The molecule has 3 atom stereocenters. The van der Waals surface area contributed by atoms with Crippen molar-refractivity contribution in [3.8, 4) is 0 Å². The highest BCUT2D eigenvalue weighted by atomic mass is 16.5. The second kappa shape index (κ2) is 5.45. The van der Waals surface area contributed by atoms with Crippen LogP contribution in [0.15, 0.2) is 0 Å². The summed E-state index contributed by atoms with van der Waals surface area (Å²) in [5, 5.41) is 9.54. The van der Waals surface area contributed by atoms with E-state index in [1.807, 2.05) is 0 Å². The fraction of sp³-hybridized carbons (Fsp3) is 1.00. The SMILES string of the molecule is CC1CN(C(CO)C(N)C2CC2)CCCO1. The number of rotatable bonds is 4. The van der Waals surface area contributed by atoms with Gasteiger partial charge < -0.3 is 15.6 Å². The summed E-state index contributed by atoms with van der Waals surface area (Å²) in [5.41, 5.74) is 6.22. The quantitative estimate of drug-likeness (QED) is 0.721. The number of hydrogen-bond donors (Lipinski definition) is 2. The molecule has 94 valence electrons. The predicted octanol–water partition coefficient (Wildman–Crippen LogP) is 0.195. The molecule has 0 bridgehead atoms. The van der Waals surface area contributed by atoms with E-state index in [-0.39, 0.29) is 24.8 Å². The Bertz CT molecular complexity index is 221. The summed E-state index contributed by atoms with van der Waals surface area (Å²) in [5.74, 6) is 0.636. The van der Waals surface area contributed by atoms with E-state index in [2.05, 4.69) is 11.8 Å². The van der Waals surface area contributed by atoms with E-state index in [4.69, 9.17) is 10.5 Å². The number of nitrogens with two attached hydrogens (primary N) is 1. The smallest absolute Gasteiger partial charge is 0.0674 e. The van der Waals surface area contributed by atoms with Crippen LogP contribution in [0.3, 0.4) is 0 Å². The molecule has 0 amide bonds. The molecule has 0 aromatic rings. The van der Waals surface area contributed by atoms with E-state index in [1.54, 1.807) is 0 Å². The fourth-order valence-corrected chi connectivity index (χ4v) is 2.60. The Morgan fingerprint density at radius 3 is 2.88 bits per heavy atom. The molecule has 1 saturated carbocycles. The Hall–Kier alpha value is -0.160. The molecule has 1 saturated heterocycles. The molecule has 4 heteroatoms. The first-order valence-corrected chi connectivity index (χ1v) is 6.44. The first kappa shape index (κ1) is 12.3. The first-order chi connectivity index (χ1) is 7.72. The van der Waals surface area contributed by atoms with Crippen molar-refractivity contribution in [3.63, 3.8) is 0 Å². The average Bonchev–Trinajstić information content (AvgIpc) is 3.06. The minimum absolute atomic E-state index is 0.122. The third-order valence-corrected chi connectivity index (χ3v) is 3.75. The zero-order chi connectivity index (χ0) is 11.5. The van der Waals surface area contributed by atoms with E-state index < -0.39 is 0 Å². The standard InChI is InChI=1S/C12H24N2O2/c1-9-7-14(5-2-6-16-9)11(8-15)12(13)10-3-4-10/h9-12,15H,2-8,13H2,1H3. The van der Waals surface area contributed by atoms with Crippen LogP contribution in [0.5, 0.6) is 0 Å². The van der Waals surface area contributed by atoms with Gasteiger partial charge in [0.1, 0.15) is 0 Å². The molecule has 1 heterocycles. The van der Waals surface area contributed by atoms with Crippen molar-refractivity contribution in [1.82, 2.24) is 4.90 Å².